The van der Waals surface area contributed by atoms with E-state index in [0.717, 1.165) is 16.8 Å². The van der Waals surface area contributed by atoms with Gasteiger partial charge in [0.15, 0.2) is 0 Å². The molecule has 58 valence electrons. The van der Waals surface area contributed by atoms with E-state index in [9.17, 15) is 0 Å². The van der Waals surface area contributed by atoms with Gasteiger partial charge in [0.25, 0.3) is 0 Å². The molecule has 1 atom stereocenters. The van der Waals surface area contributed by atoms with Crippen molar-refractivity contribution in [3.8, 4) is 0 Å². The summed E-state index contributed by atoms with van der Waals surface area (Å²) in [5.41, 5.74) is 1.31. The quantitative estimate of drug-likeness (QED) is 0.586. The number of nitrogens with zero attached hydrogens (tertiary/aromatic N) is 1. The molecule has 2 rings (SSSR count). The van der Waals surface area contributed by atoms with Crippen LogP contribution in [0.15, 0.2) is 16.7 Å². The van der Waals surface area contributed by atoms with E-state index in [4.69, 9.17) is 0 Å². The summed E-state index contributed by atoms with van der Waals surface area (Å²) in [6, 6.07) is 2.12. The van der Waals surface area contributed by atoms with Crippen molar-refractivity contribution < 1.29 is 0 Å². The van der Waals surface area contributed by atoms with E-state index in [-0.39, 0.29) is 0 Å². The van der Waals surface area contributed by atoms with Crippen LogP contribution in [-0.2, 0) is 0 Å². The number of pyridine rings is 1. The second-order valence-electron chi connectivity index (χ2n) is 2.44. The Labute approximate surface area is 87.1 Å². The standard InChI is InChI=1S/C7H6BrIN2/c8-4-1-5-6(9)3-11-7(5)10-2-4/h1-2,6H,3H2,(H,10,11). The average molecular weight is 325 g/mol. The van der Waals surface area contributed by atoms with Crippen molar-refractivity contribution in [2.45, 2.75) is 3.92 Å². The second kappa shape index (κ2) is 2.90. The summed E-state index contributed by atoms with van der Waals surface area (Å²) in [5, 5.41) is 3.24. The number of fused-ring (bicyclic) bond motifs is 1. The second-order valence-corrected chi connectivity index (χ2v) is 4.86. The van der Waals surface area contributed by atoms with Gasteiger partial charge in [-0.15, -0.1) is 0 Å². The average Bonchev–Trinajstić information content (AvgIpc) is 2.33. The van der Waals surface area contributed by atoms with Crippen LogP contribution in [0.1, 0.15) is 9.49 Å². The van der Waals surface area contributed by atoms with E-state index in [1.807, 2.05) is 6.20 Å². The largest absolute Gasteiger partial charge is 0.368 e. The van der Waals surface area contributed by atoms with Gasteiger partial charge in [-0.3, -0.25) is 0 Å². The predicted octanol–water partition coefficient (Wildman–Crippen LogP) is 2.75. The minimum absolute atomic E-state index is 0.563. The van der Waals surface area contributed by atoms with Crippen LogP contribution in [0, 0.1) is 0 Å². The lowest BCUT2D eigenvalue weighted by atomic mass is 10.2. The molecule has 0 spiro atoms. The van der Waals surface area contributed by atoms with E-state index < -0.39 is 0 Å². The highest BCUT2D eigenvalue weighted by atomic mass is 127. The fraction of sp³-hybridized carbons (Fsp3) is 0.286. The topological polar surface area (TPSA) is 24.9 Å². The number of rotatable bonds is 0. The lowest BCUT2D eigenvalue weighted by molar-refractivity contribution is 1.11. The molecule has 0 radical (unpaired) electrons. The van der Waals surface area contributed by atoms with Gasteiger partial charge in [-0.1, -0.05) is 22.6 Å². The summed E-state index contributed by atoms with van der Waals surface area (Å²) in [6.45, 7) is 0.999. The molecule has 0 fully saturated rings. The minimum Gasteiger partial charge on any atom is -0.368 e. The van der Waals surface area contributed by atoms with Gasteiger partial charge in [-0.25, -0.2) is 4.98 Å². The first-order chi connectivity index (χ1) is 5.27. The smallest absolute Gasteiger partial charge is 0.130 e. The highest BCUT2D eigenvalue weighted by Crippen LogP contribution is 2.35. The van der Waals surface area contributed by atoms with Crippen molar-refractivity contribution in [3.05, 3.63) is 22.3 Å². The lowest BCUT2D eigenvalue weighted by Crippen LogP contribution is -1.94. The first kappa shape index (κ1) is 7.79. The molecule has 0 saturated heterocycles. The number of aromatic nitrogens is 1. The summed E-state index contributed by atoms with van der Waals surface area (Å²) in [6.07, 6.45) is 1.82. The monoisotopic (exact) mass is 324 g/mol. The minimum atomic E-state index is 0.563. The van der Waals surface area contributed by atoms with Crippen molar-refractivity contribution >= 4 is 44.3 Å². The Bertz CT molecular complexity index is 290. The summed E-state index contributed by atoms with van der Waals surface area (Å²) in [4.78, 5) is 4.25. The van der Waals surface area contributed by atoms with Crippen molar-refractivity contribution in [2.75, 3.05) is 11.9 Å². The summed E-state index contributed by atoms with van der Waals surface area (Å²) >= 11 is 5.82. The van der Waals surface area contributed by atoms with Crippen molar-refractivity contribution in [2.24, 2.45) is 0 Å². The maximum atomic E-state index is 4.25. The van der Waals surface area contributed by atoms with E-state index in [0.29, 0.717) is 3.92 Å². The maximum absolute atomic E-state index is 4.25. The molecular formula is C7H6BrIN2. The lowest BCUT2D eigenvalue weighted by Gasteiger charge is -1.99. The summed E-state index contributed by atoms with van der Waals surface area (Å²) in [5.74, 6) is 1.03. The van der Waals surface area contributed by atoms with E-state index >= 15 is 0 Å². The number of hydrogen-bond acceptors (Lipinski definition) is 2. The molecule has 1 unspecified atom stereocenters. The van der Waals surface area contributed by atoms with Crippen LogP contribution in [0.3, 0.4) is 0 Å². The van der Waals surface area contributed by atoms with Crippen LogP contribution in [0.25, 0.3) is 0 Å². The fourth-order valence-electron chi connectivity index (χ4n) is 1.14. The Balaban J connectivity index is 2.52. The first-order valence-electron chi connectivity index (χ1n) is 3.31. The molecule has 0 saturated carbocycles. The molecule has 0 amide bonds. The third-order valence-corrected chi connectivity index (χ3v) is 3.22. The Morgan fingerprint density at radius 3 is 3.36 bits per heavy atom. The Hall–Kier alpha value is 0.160. The van der Waals surface area contributed by atoms with Gasteiger partial charge in [0, 0.05) is 22.8 Å². The van der Waals surface area contributed by atoms with E-state index in [1.54, 1.807) is 0 Å². The Morgan fingerprint density at radius 2 is 2.55 bits per heavy atom. The van der Waals surface area contributed by atoms with Gasteiger partial charge in [0.2, 0.25) is 0 Å². The number of halogens is 2. The number of anilines is 1. The van der Waals surface area contributed by atoms with Gasteiger partial charge >= 0.3 is 0 Å². The normalized spacial score (nSPS) is 21.1. The van der Waals surface area contributed by atoms with Crippen LogP contribution in [0.4, 0.5) is 5.82 Å². The van der Waals surface area contributed by atoms with Gasteiger partial charge in [0.05, 0.1) is 3.92 Å². The predicted molar refractivity (Wildman–Crippen MR) is 57.2 cm³/mol. The Kier molecular flexibility index (Phi) is 2.05. The summed E-state index contributed by atoms with van der Waals surface area (Å²) in [7, 11) is 0. The molecule has 1 N–H and O–H groups in total. The van der Waals surface area contributed by atoms with E-state index in [1.165, 1.54) is 5.56 Å². The fourth-order valence-corrected chi connectivity index (χ4v) is 2.18. The molecule has 1 aromatic heterocycles. The zero-order valence-electron chi connectivity index (χ0n) is 5.64. The first-order valence-corrected chi connectivity index (χ1v) is 5.34. The molecule has 0 bridgehead atoms. The van der Waals surface area contributed by atoms with Crippen LogP contribution in [-0.4, -0.2) is 11.5 Å². The molecule has 0 aliphatic carbocycles. The highest BCUT2D eigenvalue weighted by molar-refractivity contribution is 14.1. The molecule has 0 aromatic carbocycles. The Morgan fingerprint density at radius 1 is 1.73 bits per heavy atom. The SMILES string of the molecule is Brc1cnc2c(c1)C(I)CN2. The van der Waals surface area contributed by atoms with Crippen molar-refractivity contribution in [3.63, 3.8) is 0 Å². The van der Waals surface area contributed by atoms with Crippen molar-refractivity contribution in [1.29, 1.82) is 0 Å². The van der Waals surface area contributed by atoms with Gasteiger partial charge < -0.3 is 5.32 Å². The molecule has 1 aliphatic heterocycles. The van der Waals surface area contributed by atoms with Gasteiger partial charge in [-0.05, 0) is 22.0 Å². The third-order valence-electron chi connectivity index (χ3n) is 1.67. The van der Waals surface area contributed by atoms with Crippen LogP contribution >= 0.6 is 38.5 Å². The number of nitrogens with one attached hydrogen (secondary N) is 1. The van der Waals surface area contributed by atoms with Crippen molar-refractivity contribution in [1.82, 2.24) is 4.98 Å². The molecule has 4 heteroatoms. The van der Waals surface area contributed by atoms with Gasteiger partial charge in [-0.2, -0.15) is 0 Å². The molecule has 1 aromatic rings. The maximum Gasteiger partial charge on any atom is 0.130 e. The zero-order chi connectivity index (χ0) is 7.84. The van der Waals surface area contributed by atoms with Crippen LogP contribution in [0.2, 0.25) is 0 Å². The summed E-state index contributed by atoms with van der Waals surface area (Å²) < 4.78 is 1.62. The zero-order valence-corrected chi connectivity index (χ0v) is 9.39. The number of hydrogen-bond donors (Lipinski definition) is 1. The van der Waals surface area contributed by atoms with Gasteiger partial charge in [0.1, 0.15) is 5.82 Å². The molecular weight excluding hydrogens is 319 g/mol. The van der Waals surface area contributed by atoms with Crippen LogP contribution < -0.4 is 5.32 Å². The highest BCUT2D eigenvalue weighted by Gasteiger charge is 2.20. The molecule has 2 nitrogen and oxygen atoms in total. The number of alkyl halides is 1. The van der Waals surface area contributed by atoms with Crippen LogP contribution in [0.5, 0.6) is 0 Å². The van der Waals surface area contributed by atoms with E-state index in [2.05, 4.69) is 54.9 Å². The molecule has 1 aliphatic rings. The third kappa shape index (κ3) is 1.38. The molecule has 11 heavy (non-hydrogen) atoms. The molecule has 2 heterocycles.